The van der Waals surface area contributed by atoms with Crippen molar-refractivity contribution in [2.45, 2.75) is 6.10 Å². The quantitative estimate of drug-likeness (QED) is 0.428. The fourth-order valence-electron chi connectivity index (χ4n) is 3.31. The maximum Gasteiger partial charge on any atom is 0.260 e. The van der Waals surface area contributed by atoms with Gasteiger partial charge in [0.2, 0.25) is 5.82 Å². The molecule has 0 atom stereocenters. The molecule has 1 aliphatic heterocycles. The molecule has 0 saturated carbocycles. The molecular weight excluding hydrogens is 427 g/mol. The Bertz CT molecular complexity index is 1220. The Morgan fingerprint density at radius 3 is 2.52 bits per heavy atom. The molecular formula is C24H19FN4O4. The number of hydrogen-bond acceptors (Lipinski definition) is 7. The summed E-state index contributed by atoms with van der Waals surface area (Å²) < 4.78 is 29.6. The fourth-order valence-corrected chi connectivity index (χ4v) is 3.31. The van der Waals surface area contributed by atoms with Crippen molar-refractivity contribution in [1.29, 1.82) is 0 Å². The summed E-state index contributed by atoms with van der Waals surface area (Å²) in [7, 11) is 0. The van der Waals surface area contributed by atoms with Gasteiger partial charge >= 0.3 is 0 Å². The summed E-state index contributed by atoms with van der Waals surface area (Å²) in [6.45, 7) is 0.859. The van der Waals surface area contributed by atoms with Crippen LogP contribution in [0.15, 0.2) is 77.6 Å². The Morgan fingerprint density at radius 2 is 1.79 bits per heavy atom. The molecule has 0 radical (unpaired) electrons. The molecule has 0 spiro atoms. The standard InChI is InChI=1S/C24H19FN4O4/c25-18-5-9-19(10-6-18)31-15-22(30)29-13-21(14-29)32-20-7-3-16(4-8-20)23-27-24(33-28-23)17-2-1-11-26-12-17/h1-12,21H,13-15H2. The first-order valence-electron chi connectivity index (χ1n) is 10.3. The third-order valence-corrected chi connectivity index (χ3v) is 5.13. The van der Waals surface area contributed by atoms with Crippen LogP contribution < -0.4 is 9.47 Å². The maximum absolute atomic E-state index is 12.9. The molecule has 1 saturated heterocycles. The second-order valence-corrected chi connectivity index (χ2v) is 7.47. The van der Waals surface area contributed by atoms with E-state index in [4.69, 9.17) is 14.0 Å². The van der Waals surface area contributed by atoms with Gasteiger partial charge in [-0.2, -0.15) is 4.98 Å². The lowest BCUT2D eigenvalue weighted by Crippen LogP contribution is -2.57. The normalized spacial score (nSPS) is 13.4. The summed E-state index contributed by atoms with van der Waals surface area (Å²) >= 11 is 0. The highest BCUT2D eigenvalue weighted by Crippen LogP contribution is 2.25. The predicted octanol–water partition coefficient (Wildman–Crippen LogP) is 3.61. The minimum Gasteiger partial charge on any atom is -0.487 e. The molecule has 166 valence electrons. The molecule has 4 aromatic rings. The number of benzene rings is 2. The molecule has 33 heavy (non-hydrogen) atoms. The number of amides is 1. The van der Waals surface area contributed by atoms with E-state index in [0.29, 0.717) is 36.3 Å². The van der Waals surface area contributed by atoms with E-state index < -0.39 is 0 Å². The minimum atomic E-state index is -0.351. The van der Waals surface area contributed by atoms with Gasteiger partial charge in [-0.1, -0.05) is 5.16 Å². The molecule has 9 heteroatoms. The average Bonchev–Trinajstić information content (AvgIpc) is 3.32. The molecule has 1 fully saturated rings. The van der Waals surface area contributed by atoms with Crippen molar-refractivity contribution >= 4 is 5.91 Å². The van der Waals surface area contributed by atoms with E-state index in [1.165, 1.54) is 24.3 Å². The Morgan fingerprint density at radius 1 is 1.03 bits per heavy atom. The van der Waals surface area contributed by atoms with Crippen molar-refractivity contribution in [3.05, 3.63) is 78.9 Å². The minimum absolute atomic E-state index is 0.0898. The molecule has 8 nitrogen and oxygen atoms in total. The summed E-state index contributed by atoms with van der Waals surface area (Å²) in [6, 6.07) is 16.6. The van der Waals surface area contributed by atoms with Crippen molar-refractivity contribution in [2.75, 3.05) is 19.7 Å². The predicted molar refractivity (Wildman–Crippen MR) is 116 cm³/mol. The van der Waals surface area contributed by atoms with Crippen LogP contribution in [0.4, 0.5) is 4.39 Å². The number of halogens is 1. The third-order valence-electron chi connectivity index (χ3n) is 5.13. The van der Waals surface area contributed by atoms with E-state index in [-0.39, 0.29) is 24.4 Å². The lowest BCUT2D eigenvalue weighted by molar-refractivity contribution is -0.142. The fraction of sp³-hybridized carbons (Fsp3) is 0.167. The van der Waals surface area contributed by atoms with Crippen LogP contribution in [0.25, 0.3) is 22.8 Å². The van der Waals surface area contributed by atoms with Gasteiger partial charge < -0.3 is 18.9 Å². The van der Waals surface area contributed by atoms with Crippen molar-refractivity contribution in [2.24, 2.45) is 0 Å². The third kappa shape index (κ3) is 4.82. The Kier molecular flexibility index (Phi) is 5.67. The Hall–Kier alpha value is -4.27. The number of carbonyl (C=O) groups is 1. The largest absolute Gasteiger partial charge is 0.487 e. The van der Waals surface area contributed by atoms with Crippen LogP contribution in [0, 0.1) is 5.82 Å². The molecule has 0 aliphatic carbocycles. The molecule has 3 heterocycles. The van der Waals surface area contributed by atoms with Gasteiger partial charge in [0.05, 0.1) is 18.7 Å². The average molecular weight is 446 g/mol. The molecule has 2 aromatic carbocycles. The van der Waals surface area contributed by atoms with Gasteiger partial charge in [-0.15, -0.1) is 0 Å². The number of likely N-dealkylation sites (tertiary alicyclic amines) is 1. The zero-order chi connectivity index (χ0) is 22.6. The molecule has 2 aromatic heterocycles. The summed E-state index contributed by atoms with van der Waals surface area (Å²) in [6.07, 6.45) is 3.25. The summed E-state index contributed by atoms with van der Waals surface area (Å²) in [5, 5.41) is 4.02. The Labute approximate surface area is 188 Å². The highest BCUT2D eigenvalue weighted by Gasteiger charge is 2.32. The van der Waals surface area contributed by atoms with Crippen LogP contribution in [0.3, 0.4) is 0 Å². The van der Waals surface area contributed by atoms with Crippen LogP contribution in [-0.2, 0) is 4.79 Å². The molecule has 5 rings (SSSR count). The van der Waals surface area contributed by atoms with Crippen LogP contribution in [0.5, 0.6) is 11.5 Å². The van der Waals surface area contributed by atoms with Crippen LogP contribution in [-0.4, -0.2) is 51.7 Å². The van der Waals surface area contributed by atoms with Gasteiger partial charge in [-0.05, 0) is 60.7 Å². The van der Waals surface area contributed by atoms with Crippen LogP contribution in [0.2, 0.25) is 0 Å². The number of ether oxygens (including phenoxy) is 2. The van der Waals surface area contributed by atoms with Gasteiger partial charge in [-0.3, -0.25) is 9.78 Å². The van der Waals surface area contributed by atoms with Crippen LogP contribution >= 0.6 is 0 Å². The van der Waals surface area contributed by atoms with E-state index in [2.05, 4.69) is 15.1 Å². The number of carbonyl (C=O) groups excluding carboxylic acids is 1. The first-order chi connectivity index (χ1) is 16.1. The van der Waals surface area contributed by atoms with E-state index in [1.807, 2.05) is 30.3 Å². The smallest absolute Gasteiger partial charge is 0.260 e. The van der Waals surface area contributed by atoms with Crippen LogP contribution in [0.1, 0.15) is 0 Å². The first-order valence-corrected chi connectivity index (χ1v) is 10.3. The van der Waals surface area contributed by atoms with Gasteiger partial charge in [-0.25, -0.2) is 4.39 Å². The highest BCUT2D eigenvalue weighted by molar-refractivity contribution is 5.78. The zero-order valence-electron chi connectivity index (χ0n) is 17.4. The van der Waals surface area contributed by atoms with E-state index >= 15 is 0 Å². The molecule has 0 N–H and O–H groups in total. The molecule has 0 unspecified atom stereocenters. The van der Waals surface area contributed by atoms with Gasteiger partial charge in [0.25, 0.3) is 11.8 Å². The van der Waals surface area contributed by atoms with Gasteiger partial charge in [0, 0.05) is 18.0 Å². The number of nitrogens with zero attached hydrogens (tertiary/aromatic N) is 4. The van der Waals surface area contributed by atoms with Crippen molar-refractivity contribution in [1.82, 2.24) is 20.0 Å². The van der Waals surface area contributed by atoms with Crippen molar-refractivity contribution < 1.29 is 23.2 Å². The lowest BCUT2D eigenvalue weighted by Gasteiger charge is -2.38. The van der Waals surface area contributed by atoms with E-state index in [1.54, 1.807) is 23.4 Å². The number of aromatic nitrogens is 3. The molecule has 1 amide bonds. The van der Waals surface area contributed by atoms with E-state index in [9.17, 15) is 9.18 Å². The zero-order valence-corrected chi connectivity index (χ0v) is 17.4. The summed E-state index contributed by atoms with van der Waals surface area (Å²) in [5.41, 5.74) is 1.55. The first kappa shape index (κ1) is 20.6. The topological polar surface area (TPSA) is 90.6 Å². The van der Waals surface area contributed by atoms with Crippen molar-refractivity contribution in [3.63, 3.8) is 0 Å². The van der Waals surface area contributed by atoms with Gasteiger partial charge in [0.1, 0.15) is 23.4 Å². The summed E-state index contributed by atoms with van der Waals surface area (Å²) in [4.78, 5) is 22.3. The highest BCUT2D eigenvalue weighted by atomic mass is 19.1. The van der Waals surface area contributed by atoms with E-state index in [0.717, 1.165) is 11.1 Å². The number of pyridine rings is 1. The SMILES string of the molecule is O=C(COc1ccc(F)cc1)N1CC(Oc2ccc(-c3noc(-c4cccnc4)n3)cc2)C1. The Balaban J connectivity index is 1.10. The number of rotatable bonds is 7. The maximum atomic E-state index is 12.9. The lowest BCUT2D eigenvalue weighted by atomic mass is 10.1. The molecule has 1 aliphatic rings. The van der Waals surface area contributed by atoms with Crippen molar-refractivity contribution in [3.8, 4) is 34.3 Å². The molecule has 0 bridgehead atoms. The summed E-state index contributed by atoms with van der Waals surface area (Å²) in [5.74, 6) is 1.53. The second kappa shape index (κ2) is 9.07. The number of hydrogen-bond donors (Lipinski definition) is 0. The van der Waals surface area contributed by atoms with Gasteiger partial charge in [0.15, 0.2) is 6.61 Å². The second-order valence-electron chi connectivity index (χ2n) is 7.47. The monoisotopic (exact) mass is 446 g/mol.